The van der Waals surface area contributed by atoms with Gasteiger partial charge in [-0.15, -0.1) is 0 Å². The van der Waals surface area contributed by atoms with Crippen molar-refractivity contribution in [2.75, 3.05) is 12.4 Å². The number of rotatable bonds is 5. The third-order valence-electron chi connectivity index (χ3n) is 3.05. The van der Waals surface area contributed by atoms with Gasteiger partial charge in [0.1, 0.15) is 5.75 Å². The van der Waals surface area contributed by atoms with Crippen LogP contribution in [0.4, 0.5) is 5.69 Å². The molecule has 0 saturated carbocycles. The molecule has 0 aromatic heterocycles. The van der Waals surface area contributed by atoms with E-state index in [4.69, 9.17) is 4.74 Å². The molecular formula is C17H15Br2N3O3. The van der Waals surface area contributed by atoms with E-state index < -0.39 is 0 Å². The van der Waals surface area contributed by atoms with Gasteiger partial charge in [0.15, 0.2) is 0 Å². The third kappa shape index (κ3) is 5.40. The predicted octanol–water partition coefficient (Wildman–Crippen LogP) is 3.94. The SMILES string of the molecule is COc1c(Br)cc(C=NNC(=O)c2cccc(NC(C)=O)c2)cc1Br. The van der Waals surface area contributed by atoms with Crippen molar-refractivity contribution in [1.29, 1.82) is 0 Å². The summed E-state index contributed by atoms with van der Waals surface area (Å²) in [6, 6.07) is 10.2. The van der Waals surface area contributed by atoms with Crippen molar-refractivity contribution in [3.8, 4) is 5.75 Å². The Labute approximate surface area is 161 Å². The summed E-state index contributed by atoms with van der Waals surface area (Å²) in [6.45, 7) is 1.40. The molecule has 0 radical (unpaired) electrons. The zero-order valence-corrected chi connectivity index (χ0v) is 16.6. The zero-order chi connectivity index (χ0) is 18.4. The van der Waals surface area contributed by atoms with Gasteiger partial charge in [-0.3, -0.25) is 9.59 Å². The number of amides is 2. The van der Waals surface area contributed by atoms with Crippen molar-refractivity contribution in [3.05, 3.63) is 56.5 Å². The van der Waals surface area contributed by atoms with Gasteiger partial charge in [-0.05, 0) is 67.8 Å². The maximum absolute atomic E-state index is 12.1. The standard InChI is InChI=1S/C17H15Br2N3O3/c1-10(23)21-13-5-3-4-12(8-13)17(24)22-20-9-11-6-14(18)16(25-2)15(19)7-11/h3-9H,1-2H3,(H,21,23)(H,22,24). The van der Waals surface area contributed by atoms with E-state index in [0.29, 0.717) is 17.0 Å². The second kappa shape index (κ2) is 8.77. The number of hydrazone groups is 1. The van der Waals surface area contributed by atoms with Crippen LogP contribution >= 0.6 is 31.9 Å². The number of halogens is 2. The van der Waals surface area contributed by atoms with Crippen LogP contribution in [-0.2, 0) is 4.79 Å². The molecule has 130 valence electrons. The summed E-state index contributed by atoms with van der Waals surface area (Å²) in [6.07, 6.45) is 1.52. The van der Waals surface area contributed by atoms with Crippen molar-refractivity contribution < 1.29 is 14.3 Å². The van der Waals surface area contributed by atoms with Crippen molar-refractivity contribution in [2.24, 2.45) is 5.10 Å². The first-order valence-electron chi connectivity index (χ1n) is 7.15. The fraction of sp³-hybridized carbons (Fsp3) is 0.118. The average molecular weight is 469 g/mol. The van der Waals surface area contributed by atoms with Gasteiger partial charge >= 0.3 is 0 Å². The Balaban J connectivity index is 2.07. The van der Waals surface area contributed by atoms with E-state index in [2.05, 4.69) is 47.7 Å². The summed E-state index contributed by atoms with van der Waals surface area (Å²) in [4.78, 5) is 23.2. The molecule has 2 N–H and O–H groups in total. The Morgan fingerprint density at radius 3 is 2.44 bits per heavy atom. The first kappa shape index (κ1) is 19.1. The molecule has 2 rings (SSSR count). The Bertz CT molecular complexity index is 815. The quantitative estimate of drug-likeness (QED) is 0.515. The van der Waals surface area contributed by atoms with Crippen LogP contribution in [0, 0.1) is 0 Å². The lowest BCUT2D eigenvalue weighted by molar-refractivity contribution is -0.114. The number of methoxy groups -OCH3 is 1. The maximum Gasteiger partial charge on any atom is 0.271 e. The van der Waals surface area contributed by atoms with Crippen molar-refractivity contribution in [3.63, 3.8) is 0 Å². The highest BCUT2D eigenvalue weighted by Gasteiger charge is 2.08. The number of benzene rings is 2. The summed E-state index contributed by atoms with van der Waals surface area (Å²) in [5.74, 6) is 0.0947. The summed E-state index contributed by atoms with van der Waals surface area (Å²) >= 11 is 6.81. The van der Waals surface area contributed by atoms with Crippen LogP contribution in [0.15, 0.2) is 50.4 Å². The Morgan fingerprint density at radius 2 is 1.84 bits per heavy atom. The van der Waals surface area contributed by atoms with E-state index in [1.807, 2.05) is 12.1 Å². The number of anilines is 1. The molecule has 2 aromatic carbocycles. The number of nitrogens with zero attached hydrogens (tertiary/aromatic N) is 1. The molecule has 25 heavy (non-hydrogen) atoms. The van der Waals surface area contributed by atoms with Gasteiger partial charge in [0.25, 0.3) is 5.91 Å². The summed E-state index contributed by atoms with van der Waals surface area (Å²) in [5.41, 5.74) is 4.16. The molecular weight excluding hydrogens is 454 g/mol. The lowest BCUT2D eigenvalue weighted by atomic mass is 10.2. The third-order valence-corrected chi connectivity index (χ3v) is 4.23. The minimum Gasteiger partial charge on any atom is -0.494 e. The van der Waals surface area contributed by atoms with Crippen LogP contribution in [0.1, 0.15) is 22.8 Å². The van der Waals surface area contributed by atoms with Crippen molar-refractivity contribution >= 4 is 55.6 Å². The van der Waals surface area contributed by atoms with E-state index >= 15 is 0 Å². The number of hydrogen-bond acceptors (Lipinski definition) is 4. The number of carbonyl (C=O) groups excluding carboxylic acids is 2. The molecule has 8 heteroatoms. The van der Waals surface area contributed by atoms with Gasteiger partial charge < -0.3 is 10.1 Å². The number of ether oxygens (including phenoxy) is 1. The maximum atomic E-state index is 12.1. The monoisotopic (exact) mass is 467 g/mol. The van der Waals surface area contributed by atoms with Crippen molar-refractivity contribution in [1.82, 2.24) is 5.43 Å². The molecule has 6 nitrogen and oxygen atoms in total. The molecule has 0 bridgehead atoms. The van der Waals surface area contributed by atoms with Gasteiger partial charge in [-0.1, -0.05) is 6.07 Å². The smallest absolute Gasteiger partial charge is 0.271 e. The lowest BCUT2D eigenvalue weighted by Crippen LogP contribution is -2.18. The van der Waals surface area contributed by atoms with Gasteiger partial charge in [-0.25, -0.2) is 5.43 Å². The van der Waals surface area contributed by atoms with E-state index in [-0.39, 0.29) is 11.8 Å². The highest BCUT2D eigenvalue weighted by atomic mass is 79.9. The fourth-order valence-electron chi connectivity index (χ4n) is 2.02. The van der Waals surface area contributed by atoms with Crippen LogP contribution in [0.25, 0.3) is 0 Å². The highest BCUT2D eigenvalue weighted by Crippen LogP contribution is 2.33. The molecule has 2 amide bonds. The lowest BCUT2D eigenvalue weighted by Gasteiger charge is -2.07. The van der Waals surface area contributed by atoms with Crippen molar-refractivity contribution in [2.45, 2.75) is 6.92 Å². The fourth-order valence-corrected chi connectivity index (χ4v) is 3.57. The van der Waals surface area contributed by atoms with Gasteiger partial charge in [0.05, 0.1) is 22.3 Å². The molecule has 0 heterocycles. The Morgan fingerprint density at radius 1 is 1.16 bits per heavy atom. The van der Waals surface area contributed by atoms with E-state index in [1.165, 1.54) is 13.1 Å². The molecule has 0 atom stereocenters. The molecule has 0 spiro atoms. The molecule has 0 saturated heterocycles. The van der Waals surface area contributed by atoms with Crippen LogP contribution in [-0.4, -0.2) is 25.1 Å². The van der Waals surface area contributed by atoms with Crippen LogP contribution in [0.5, 0.6) is 5.75 Å². The van der Waals surface area contributed by atoms with Crippen LogP contribution < -0.4 is 15.5 Å². The van der Waals surface area contributed by atoms with E-state index in [0.717, 1.165) is 14.5 Å². The molecule has 0 unspecified atom stereocenters. The first-order chi connectivity index (χ1) is 11.9. The van der Waals surface area contributed by atoms with Crippen LogP contribution in [0.2, 0.25) is 0 Å². The molecule has 2 aromatic rings. The number of hydrogen-bond donors (Lipinski definition) is 2. The highest BCUT2D eigenvalue weighted by molar-refractivity contribution is 9.11. The Hall–Kier alpha value is -2.19. The van der Waals surface area contributed by atoms with Gasteiger partial charge in [0, 0.05) is 18.2 Å². The molecule has 0 aliphatic heterocycles. The summed E-state index contributed by atoms with van der Waals surface area (Å²) < 4.78 is 6.76. The second-order valence-corrected chi connectivity index (χ2v) is 6.69. The summed E-state index contributed by atoms with van der Waals surface area (Å²) in [5, 5.41) is 6.58. The Kier molecular flexibility index (Phi) is 6.72. The normalized spacial score (nSPS) is 10.6. The number of carbonyl (C=O) groups is 2. The van der Waals surface area contributed by atoms with Gasteiger partial charge in [0.2, 0.25) is 5.91 Å². The minimum absolute atomic E-state index is 0.203. The number of nitrogens with one attached hydrogen (secondary N) is 2. The molecule has 0 fully saturated rings. The molecule has 0 aliphatic rings. The average Bonchev–Trinajstić information content (AvgIpc) is 2.54. The van der Waals surface area contributed by atoms with Gasteiger partial charge in [-0.2, -0.15) is 5.10 Å². The first-order valence-corrected chi connectivity index (χ1v) is 8.73. The van der Waals surface area contributed by atoms with Crippen LogP contribution in [0.3, 0.4) is 0 Å². The topological polar surface area (TPSA) is 79.8 Å². The zero-order valence-electron chi connectivity index (χ0n) is 13.5. The predicted molar refractivity (Wildman–Crippen MR) is 104 cm³/mol. The van der Waals surface area contributed by atoms with E-state index in [9.17, 15) is 9.59 Å². The van der Waals surface area contributed by atoms with E-state index in [1.54, 1.807) is 31.4 Å². The summed E-state index contributed by atoms with van der Waals surface area (Å²) in [7, 11) is 1.58. The second-order valence-electron chi connectivity index (χ2n) is 4.98. The largest absolute Gasteiger partial charge is 0.494 e. The minimum atomic E-state index is -0.380. The molecule has 0 aliphatic carbocycles.